The molecule has 18 heavy (non-hydrogen) atoms. The Hall–Kier alpha value is -1.12. The van der Waals surface area contributed by atoms with Gasteiger partial charge in [0, 0.05) is 10.5 Å². The zero-order valence-corrected chi connectivity index (χ0v) is 12.4. The fourth-order valence-electron chi connectivity index (χ4n) is 1.97. The summed E-state index contributed by atoms with van der Waals surface area (Å²) in [5, 5.41) is 3.26. The van der Waals surface area contributed by atoms with Crippen molar-refractivity contribution in [2.24, 2.45) is 0 Å². The molecule has 94 valence electrons. The molecule has 0 spiro atoms. The van der Waals surface area contributed by atoms with Crippen molar-refractivity contribution in [3.63, 3.8) is 0 Å². The highest BCUT2D eigenvalue weighted by atomic mass is 79.9. The van der Waals surface area contributed by atoms with E-state index in [4.69, 9.17) is 0 Å². The molecule has 0 aliphatic rings. The van der Waals surface area contributed by atoms with Crippen LogP contribution < -0.4 is 5.32 Å². The van der Waals surface area contributed by atoms with Crippen LogP contribution in [0, 0.1) is 0 Å². The van der Waals surface area contributed by atoms with Gasteiger partial charge in [-0.2, -0.15) is 0 Å². The van der Waals surface area contributed by atoms with E-state index in [1.54, 1.807) is 0 Å². The molecule has 2 aromatic rings. The minimum Gasteiger partial charge on any atom is -0.317 e. The molecule has 0 aliphatic heterocycles. The molecule has 0 aromatic heterocycles. The normalized spacial score (nSPS) is 12.4. The third-order valence-electron chi connectivity index (χ3n) is 3.17. The second kappa shape index (κ2) is 6.17. The third kappa shape index (κ3) is 3.21. The predicted octanol–water partition coefficient (Wildman–Crippen LogP) is 4.27. The lowest BCUT2D eigenvalue weighted by atomic mass is 10.0. The highest BCUT2D eigenvalue weighted by Crippen LogP contribution is 2.28. The maximum absolute atomic E-state index is 3.59. The maximum Gasteiger partial charge on any atom is 0.0253 e. The van der Waals surface area contributed by atoms with Gasteiger partial charge in [0.25, 0.3) is 0 Å². The Bertz CT molecular complexity index is 505. The first-order valence-corrected chi connectivity index (χ1v) is 7.01. The molecule has 0 saturated heterocycles. The number of hydrogen-bond acceptors (Lipinski definition) is 1. The molecule has 0 saturated carbocycles. The fraction of sp³-hybridized carbons (Fsp3) is 0.250. The monoisotopic (exact) mass is 303 g/mol. The molecule has 2 aromatic carbocycles. The summed E-state index contributed by atoms with van der Waals surface area (Å²) in [4.78, 5) is 0. The van der Waals surface area contributed by atoms with Crippen molar-refractivity contribution in [3.8, 4) is 11.1 Å². The molecule has 2 heteroatoms. The van der Waals surface area contributed by atoms with Crippen LogP contribution in [0.2, 0.25) is 0 Å². The van der Waals surface area contributed by atoms with E-state index in [0.29, 0.717) is 6.04 Å². The summed E-state index contributed by atoms with van der Waals surface area (Å²) in [5.41, 5.74) is 3.86. The van der Waals surface area contributed by atoms with Gasteiger partial charge in [-0.25, -0.2) is 0 Å². The van der Waals surface area contributed by atoms with E-state index in [9.17, 15) is 0 Å². The van der Waals surface area contributed by atoms with Crippen LogP contribution in [-0.4, -0.2) is 13.1 Å². The van der Waals surface area contributed by atoms with Gasteiger partial charge < -0.3 is 5.32 Å². The molecular formula is C16H18BrN. The zero-order chi connectivity index (χ0) is 13.0. The molecule has 0 fully saturated rings. The first-order chi connectivity index (χ1) is 8.70. The van der Waals surface area contributed by atoms with Gasteiger partial charge in [0.2, 0.25) is 0 Å². The Balaban J connectivity index is 2.20. The van der Waals surface area contributed by atoms with Crippen molar-refractivity contribution >= 4 is 15.9 Å². The maximum atomic E-state index is 3.59. The average molecular weight is 304 g/mol. The van der Waals surface area contributed by atoms with Crippen LogP contribution in [0.5, 0.6) is 0 Å². The summed E-state index contributed by atoms with van der Waals surface area (Å²) >= 11 is 3.59. The number of hydrogen-bond donors (Lipinski definition) is 1. The highest BCUT2D eigenvalue weighted by molar-refractivity contribution is 9.10. The molecule has 0 radical (unpaired) electrons. The number of benzene rings is 2. The number of halogens is 1. The summed E-state index contributed by atoms with van der Waals surface area (Å²) in [5.74, 6) is 0. The number of nitrogens with one attached hydrogen (secondary N) is 1. The van der Waals surface area contributed by atoms with Gasteiger partial charge in [-0.15, -0.1) is 0 Å². The van der Waals surface area contributed by atoms with Crippen molar-refractivity contribution in [3.05, 3.63) is 58.6 Å². The van der Waals surface area contributed by atoms with Crippen molar-refractivity contribution in [1.82, 2.24) is 5.32 Å². The number of likely N-dealkylation sites (N-methyl/N-ethyl adjacent to an activating group) is 1. The number of rotatable bonds is 4. The van der Waals surface area contributed by atoms with Gasteiger partial charge in [-0.3, -0.25) is 0 Å². The Morgan fingerprint density at radius 2 is 1.72 bits per heavy atom. The van der Waals surface area contributed by atoms with Gasteiger partial charge in [0.15, 0.2) is 0 Å². The Labute approximate surface area is 117 Å². The van der Waals surface area contributed by atoms with Crippen LogP contribution in [-0.2, 0) is 6.42 Å². The van der Waals surface area contributed by atoms with Gasteiger partial charge in [0.1, 0.15) is 0 Å². The van der Waals surface area contributed by atoms with Gasteiger partial charge in [0.05, 0.1) is 0 Å². The molecule has 0 aliphatic carbocycles. The molecule has 0 heterocycles. The van der Waals surface area contributed by atoms with Gasteiger partial charge >= 0.3 is 0 Å². The lowest BCUT2D eigenvalue weighted by Crippen LogP contribution is -2.23. The first-order valence-electron chi connectivity index (χ1n) is 6.22. The van der Waals surface area contributed by atoms with Crippen LogP contribution in [0.25, 0.3) is 11.1 Å². The lowest BCUT2D eigenvalue weighted by Gasteiger charge is -2.11. The molecule has 1 N–H and O–H groups in total. The SMILES string of the molecule is CNC(C)Cc1ccc(-c2ccccc2Br)cc1. The van der Waals surface area contributed by atoms with E-state index in [0.717, 1.165) is 10.9 Å². The second-order valence-electron chi connectivity index (χ2n) is 4.57. The average Bonchev–Trinajstić information content (AvgIpc) is 2.40. The summed E-state index contributed by atoms with van der Waals surface area (Å²) in [6.45, 7) is 2.20. The molecule has 1 nitrogen and oxygen atoms in total. The molecule has 1 unspecified atom stereocenters. The van der Waals surface area contributed by atoms with E-state index in [1.807, 2.05) is 13.1 Å². The Kier molecular flexibility index (Phi) is 4.56. The molecule has 1 atom stereocenters. The van der Waals surface area contributed by atoms with Crippen LogP contribution >= 0.6 is 15.9 Å². The third-order valence-corrected chi connectivity index (χ3v) is 3.86. The summed E-state index contributed by atoms with van der Waals surface area (Å²) in [6, 6.07) is 17.6. The minimum atomic E-state index is 0.513. The van der Waals surface area contributed by atoms with E-state index in [-0.39, 0.29) is 0 Å². The van der Waals surface area contributed by atoms with Crippen molar-refractivity contribution < 1.29 is 0 Å². The molecular weight excluding hydrogens is 286 g/mol. The fourth-order valence-corrected chi connectivity index (χ4v) is 2.49. The zero-order valence-electron chi connectivity index (χ0n) is 10.8. The molecule has 0 amide bonds. The summed E-state index contributed by atoms with van der Waals surface area (Å²) in [7, 11) is 2.00. The van der Waals surface area contributed by atoms with Gasteiger partial charge in [-0.05, 0) is 43.1 Å². The Morgan fingerprint density at radius 3 is 2.33 bits per heavy atom. The van der Waals surface area contributed by atoms with Crippen LogP contribution in [0.3, 0.4) is 0 Å². The van der Waals surface area contributed by atoms with E-state index >= 15 is 0 Å². The summed E-state index contributed by atoms with van der Waals surface area (Å²) < 4.78 is 1.14. The van der Waals surface area contributed by atoms with E-state index in [1.165, 1.54) is 16.7 Å². The topological polar surface area (TPSA) is 12.0 Å². The predicted molar refractivity (Wildman–Crippen MR) is 81.8 cm³/mol. The Morgan fingerprint density at radius 1 is 1.06 bits per heavy atom. The van der Waals surface area contributed by atoms with Gasteiger partial charge in [-0.1, -0.05) is 58.4 Å². The van der Waals surface area contributed by atoms with Crippen LogP contribution in [0.4, 0.5) is 0 Å². The van der Waals surface area contributed by atoms with Crippen LogP contribution in [0.15, 0.2) is 53.0 Å². The van der Waals surface area contributed by atoms with Crippen molar-refractivity contribution in [1.29, 1.82) is 0 Å². The van der Waals surface area contributed by atoms with Crippen molar-refractivity contribution in [2.45, 2.75) is 19.4 Å². The van der Waals surface area contributed by atoms with Crippen LogP contribution in [0.1, 0.15) is 12.5 Å². The molecule has 0 bridgehead atoms. The highest BCUT2D eigenvalue weighted by Gasteiger charge is 2.03. The first kappa shape index (κ1) is 13.3. The minimum absolute atomic E-state index is 0.513. The largest absolute Gasteiger partial charge is 0.317 e. The molecule has 2 rings (SSSR count). The van der Waals surface area contributed by atoms with E-state index < -0.39 is 0 Å². The van der Waals surface area contributed by atoms with Crippen molar-refractivity contribution in [2.75, 3.05) is 7.05 Å². The lowest BCUT2D eigenvalue weighted by molar-refractivity contribution is 0.608. The second-order valence-corrected chi connectivity index (χ2v) is 5.42. The summed E-state index contributed by atoms with van der Waals surface area (Å²) in [6.07, 6.45) is 1.06. The quantitative estimate of drug-likeness (QED) is 0.889. The standard InChI is InChI=1S/C16H18BrN/c1-12(18-2)11-13-7-9-14(10-8-13)15-5-3-4-6-16(15)17/h3-10,12,18H,11H2,1-2H3. The smallest absolute Gasteiger partial charge is 0.0253 e. The van der Waals surface area contributed by atoms with E-state index in [2.05, 4.69) is 70.6 Å².